The number of carbonyl (C=O) groups excluding carboxylic acids is 1. The summed E-state index contributed by atoms with van der Waals surface area (Å²) in [5.41, 5.74) is 2.37. The fourth-order valence-electron chi connectivity index (χ4n) is 5.39. The molecule has 2 atom stereocenters. The predicted octanol–water partition coefficient (Wildman–Crippen LogP) is 2.35. The molecule has 0 saturated heterocycles. The quantitative estimate of drug-likeness (QED) is 0.121. The van der Waals surface area contributed by atoms with Gasteiger partial charge in [0.25, 0.3) is 6.33 Å². The zero-order valence-corrected chi connectivity index (χ0v) is 29.8. The molecule has 3 aromatic carbocycles. The molecule has 0 unspecified atom stereocenters. The lowest BCUT2D eigenvalue weighted by atomic mass is 9.82. The number of ether oxygens (including phenoxy) is 1. The number of carbonyl (C=O) groups is 1. The lowest BCUT2D eigenvalue weighted by Crippen LogP contribution is -3.00. The van der Waals surface area contributed by atoms with Gasteiger partial charge in [-0.3, -0.25) is 4.79 Å². The molecule has 0 saturated carbocycles. The Balaban J connectivity index is 0.00000312. The summed E-state index contributed by atoms with van der Waals surface area (Å²) in [5.74, 6) is -2.05. The molecular formula is C34H34BrClF2N6O3S. The summed E-state index contributed by atoms with van der Waals surface area (Å²) in [6.45, 7) is 5.79. The summed E-state index contributed by atoms with van der Waals surface area (Å²) < 4.78 is 38.5. The average Bonchev–Trinajstić information content (AvgIpc) is 3.70. The Morgan fingerprint density at radius 3 is 2.50 bits per heavy atom. The molecular weight excluding hydrogens is 726 g/mol. The first-order valence-corrected chi connectivity index (χ1v) is 15.4. The maximum atomic E-state index is 15.3. The Morgan fingerprint density at radius 1 is 1.17 bits per heavy atom. The van der Waals surface area contributed by atoms with Gasteiger partial charge in [-0.2, -0.15) is 5.26 Å². The van der Waals surface area contributed by atoms with Crippen molar-refractivity contribution in [1.82, 2.24) is 20.1 Å². The van der Waals surface area contributed by atoms with Gasteiger partial charge < -0.3 is 32.1 Å². The van der Waals surface area contributed by atoms with Gasteiger partial charge in [0.15, 0.2) is 0 Å². The molecule has 0 aliphatic rings. The van der Waals surface area contributed by atoms with Crippen molar-refractivity contribution in [3.05, 3.63) is 117 Å². The maximum absolute atomic E-state index is 15.3. The van der Waals surface area contributed by atoms with E-state index >= 15 is 4.39 Å². The van der Waals surface area contributed by atoms with Gasteiger partial charge in [-0.25, -0.2) is 18.3 Å². The van der Waals surface area contributed by atoms with Crippen molar-refractivity contribution in [1.29, 1.82) is 5.26 Å². The molecule has 252 valence electrons. The molecule has 0 bridgehead atoms. The van der Waals surface area contributed by atoms with Crippen LogP contribution in [0.5, 0.6) is 5.75 Å². The van der Waals surface area contributed by atoms with Crippen molar-refractivity contribution in [2.45, 2.75) is 45.4 Å². The highest BCUT2D eigenvalue weighted by molar-refractivity contribution is 7.10. The Bertz CT molecular complexity index is 1910. The summed E-state index contributed by atoms with van der Waals surface area (Å²) in [5, 5.41) is 30.9. The summed E-state index contributed by atoms with van der Waals surface area (Å²) in [7, 11) is 1.67. The van der Waals surface area contributed by atoms with Crippen LogP contribution in [0.25, 0.3) is 11.3 Å². The molecule has 0 spiro atoms. The van der Waals surface area contributed by atoms with E-state index in [4.69, 9.17) is 15.0 Å². The Kier molecular flexibility index (Phi) is 13.1. The first-order chi connectivity index (χ1) is 22.0. The monoisotopic (exact) mass is 758 g/mol. The van der Waals surface area contributed by atoms with E-state index in [0.29, 0.717) is 28.6 Å². The van der Waals surface area contributed by atoms with Crippen molar-refractivity contribution in [3.8, 4) is 23.1 Å². The number of thiazole rings is 1. The van der Waals surface area contributed by atoms with E-state index in [0.717, 1.165) is 40.5 Å². The highest BCUT2D eigenvalue weighted by Gasteiger charge is 2.43. The van der Waals surface area contributed by atoms with Crippen LogP contribution in [-0.2, 0) is 23.5 Å². The van der Waals surface area contributed by atoms with E-state index in [2.05, 4.69) is 16.5 Å². The maximum Gasteiger partial charge on any atom is 0.325 e. The summed E-state index contributed by atoms with van der Waals surface area (Å²) in [6.07, 6.45) is 3.27. The number of nitriles is 1. The molecule has 0 radical (unpaired) electrons. The van der Waals surface area contributed by atoms with E-state index in [1.54, 1.807) is 55.5 Å². The SMILES string of the molecule is CNCC(=O)Oc1c(C)cc(C[n+]2cnn(C[C@](O)(c3cc(F)ccc3F)[C@@H](C)c3nc(-c4ccc(C#N)cc4)cs3)c2)cc1C.Cl.[Br-]. The number of hydrogen-bond acceptors (Lipinski definition) is 8. The van der Waals surface area contributed by atoms with Crippen molar-refractivity contribution >= 4 is 29.7 Å². The predicted molar refractivity (Wildman–Crippen MR) is 175 cm³/mol. The Hall–Kier alpha value is -4.06. The minimum atomic E-state index is -1.93. The van der Waals surface area contributed by atoms with Crippen LogP contribution in [0.15, 0.2) is 72.6 Å². The van der Waals surface area contributed by atoms with Crippen LogP contribution in [0, 0.1) is 36.8 Å². The van der Waals surface area contributed by atoms with Gasteiger partial charge in [-0.05, 0) is 80.1 Å². The normalized spacial score (nSPS) is 12.6. The van der Waals surface area contributed by atoms with Crippen LogP contribution in [0.4, 0.5) is 8.78 Å². The fourth-order valence-corrected chi connectivity index (χ4v) is 6.37. The topological polar surface area (TPSA) is 117 Å². The molecule has 0 aliphatic heterocycles. The van der Waals surface area contributed by atoms with Crippen molar-refractivity contribution in [2.75, 3.05) is 13.6 Å². The van der Waals surface area contributed by atoms with E-state index in [1.807, 2.05) is 31.4 Å². The number of nitrogens with one attached hydrogen (secondary N) is 1. The molecule has 2 aromatic heterocycles. The number of esters is 1. The van der Waals surface area contributed by atoms with Gasteiger partial charge in [0, 0.05) is 27.5 Å². The number of aromatic nitrogens is 4. The molecule has 2 N–H and O–H groups in total. The number of likely N-dealkylation sites (N-methyl/N-ethyl adjacent to an activating group) is 1. The summed E-state index contributed by atoms with van der Waals surface area (Å²) in [4.78, 5) is 16.7. The molecule has 2 heterocycles. The second kappa shape index (κ2) is 16.4. The Labute approximate surface area is 298 Å². The third kappa shape index (κ3) is 8.50. The van der Waals surface area contributed by atoms with Crippen LogP contribution >= 0.6 is 23.7 Å². The minimum Gasteiger partial charge on any atom is -1.00 e. The van der Waals surface area contributed by atoms with Crippen LogP contribution in [0.1, 0.15) is 45.7 Å². The lowest BCUT2D eigenvalue weighted by molar-refractivity contribution is -0.689. The number of aliphatic hydroxyl groups is 1. The summed E-state index contributed by atoms with van der Waals surface area (Å²) >= 11 is 1.30. The number of nitrogens with zero attached hydrogens (tertiary/aromatic N) is 5. The molecule has 5 rings (SSSR count). The third-order valence-electron chi connectivity index (χ3n) is 7.77. The average molecular weight is 760 g/mol. The van der Waals surface area contributed by atoms with Gasteiger partial charge in [-0.1, -0.05) is 19.1 Å². The molecule has 0 amide bonds. The standard InChI is InChI=1S/C34H33F2N6O3S.BrH.ClH/c1-21-11-25(12-22(2)32(21)45-31(43)15-38-4)16-41-19-39-42(20-41)18-34(44,28-13-27(35)9-10-29(28)36)23(3)33-40-30(17-46-33)26-7-5-24(14-37)6-8-26;;/h5-13,17,19-20,23,38,44H,15-16,18H2,1-4H3;2*1H/q+1;;/p-1/t23-,34+;;/m0../s1. The van der Waals surface area contributed by atoms with Gasteiger partial charge in [0.1, 0.15) is 29.5 Å². The van der Waals surface area contributed by atoms with Crippen molar-refractivity contribution in [2.24, 2.45) is 0 Å². The number of aryl methyl sites for hydroxylation is 2. The van der Waals surface area contributed by atoms with Gasteiger partial charge in [-0.15, -0.1) is 28.4 Å². The molecule has 0 fully saturated rings. The lowest BCUT2D eigenvalue weighted by Gasteiger charge is -2.32. The minimum absolute atomic E-state index is 0. The van der Waals surface area contributed by atoms with Gasteiger partial charge in [0.05, 0.1) is 35.4 Å². The number of hydrogen-bond donors (Lipinski definition) is 2. The smallest absolute Gasteiger partial charge is 0.325 e. The van der Waals surface area contributed by atoms with E-state index in [9.17, 15) is 14.3 Å². The summed E-state index contributed by atoms with van der Waals surface area (Å²) in [6, 6.07) is 15.9. The molecule has 14 heteroatoms. The highest BCUT2D eigenvalue weighted by Crippen LogP contribution is 2.41. The first-order valence-electron chi connectivity index (χ1n) is 14.5. The molecule has 48 heavy (non-hydrogen) atoms. The van der Waals surface area contributed by atoms with E-state index in [1.165, 1.54) is 16.0 Å². The van der Waals surface area contributed by atoms with Crippen molar-refractivity contribution < 1.29 is 45.0 Å². The zero-order chi connectivity index (χ0) is 33.0. The molecule has 0 aliphatic carbocycles. The van der Waals surface area contributed by atoms with Gasteiger partial charge in [0.2, 0.25) is 6.33 Å². The van der Waals surface area contributed by atoms with E-state index in [-0.39, 0.29) is 54.0 Å². The molecule has 5 aromatic rings. The molecule has 9 nitrogen and oxygen atoms in total. The first kappa shape index (κ1) is 38.4. The highest BCUT2D eigenvalue weighted by atomic mass is 79.9. The number of benzene rings is 3. The number of rotatable bonds is 11. The van der Waals surface area contributed by atoms with E-state index < -0.39 is 23.2 Å². The van der Waals surface area contributed by atoms with Crippen LogP contribution in [0.3, 0.4) is 0 Å². The zero-order valence-electron chi connectivity index (χ0n) is 26.6. The second-order valence-electron chi connectivity index (χ2n) is 11.2. The van der Waals surface area contributed by atoms with Crippen LogP contribution in [0.2, 0.25) is 0 Å². The second-order valence-corrected chi connectivity index (χ2v) is 12.1. The third-order valence-corrected chi connectivity index (χ3v) is 8.80. The largest absolute Gasteiger partial charge is 1.00 e. The van der Waals surface area contributed by atoms with Gasteiger partial charge >= 0.3 is 5.97 Å². The van der Waals surface area contributed by atoms with Crippen LogP contribution in [-0.4, -0.2) is 39.4 Å². The number of halogens is 4. The fraction of sp³-hybridized carbons (Fsp3) is 0.265. The van der Waals surface area contributed by atoms with Crippen molar-refractivity contribution in [3.63, 3.8) is 0 Å². The Morgan fingerprint density at radius 2 is 1.85 bits per heavy atom. The van der Waals surface area contributed by atoms with Crippen LogP contribution < -0.4 is 31.6 Å².